The molecule has 0 radical (unpaired) electrons. The molecule has 4 N–H and O–H groups in total. The minimum Gasteiger partial charge on any atom is -0.332 e. The maximum Gasteiger partial charge on any atom is 0.319 e. The number of carbonyl (C=O) groups excluding carboxylic acids is 1. The summed E-state index contributed by atoms with van der Waals surface area (Å²) in [5.74, 6) is 0. The second-order valence-corrected chi connectivity index (χ2v) is 6.04. The molecule has 2 aromatic rings. The molecule has 1 heterocycles. The minimum absolute atomic E-state index is 0.0105. The second-order valence-electron chi connectivity index (χ2n) is 5.60. The zero-order valence-electron chi connectivity index (χ0n) is 12.7. The lowest BCUT2D eigenvalue weighted by Gasteiger charge is -2.23. The van der Waals surface area contributed by atoms with Gasteiger partial charge in [0.05, 0.1) is 12.1 Å². The molecule has 0 aliphatic carbocycles. The highest BCUT2D eigenvalue weighted by molar-refractivity contribution is 6.30. The Labute approximate surface area is 140 Å². The summed E-state index contributed by atoms with van der Waals surface area (Å²) in [6.45, 7) is 2.03. The average molecular weight is 331 g/mol. The molecular weight excluding hydrogens is 312 g/mol. The summed E-state index contributed by atoms with van der Waals surface area (Å²) in [6.07, 6.45) is 0. The van der Waals surface area contributed by atoms with Crippen LogP contribution in [0.1, 0.15) is 18.5 Å². The van der Waals surface area contributed by atoms with E-state index in [2.05, 4.69) is 21.5 Å². The Hall–Kier alpha value is -2.08. The molecular formula is C17H19ClN4O. The van der Waals surface area contributed by atoms with Gasteiger partial charge in [-0.25, -0.2) is 10.2 Å². The van der Waals surface area contributed by atoms with Crippen LogP contribution in [0.3, 0.4) is 0 Å². The topological polar surface area (TPSA) is 65.2 Å². The van der Waals surface area contributed by atoms with Gasteiger partial charge in [0.15, 0.2) is 0 Å². The number of urea groups is 1. The quantitative estimate of drug-likeness (QED) is 0.699. The van der Waals surface area contributed by atoms with E-state index in [0.29, 0.717) is 10.7 Å². The molecule has 6 heteroatoms. The first-order valence-electron chi connectivity index (χ1n) is 7.52. The van der Waals surface area contributed by atoms with Crippen LogP contribution in [-0.2, 0) is 0 Å². The largest absolute Gasteiger partial charge is 0.332 e. The fourth-order valence-corrected chi connectivity index (χ4v) is 2.92. The molecule has 2 aromatic carbocycles. The summed E-state index contributed by atoms with van der Waals surface area (Å²) < 4.78 is 0. The predicted octanol–water partition coefficient (Wildman–Crippen LogP) is 3.07. The van der Waals surface area contributed by atoms with Crippen LogP contribution in [0.25, 0.3) is 0 Å². The van der Waals surface area contributed by atoms with Crippen molar-refractivity contribution in [2.75, 3.05) is 5.32 Å². The smallest absolute Gasteiger partial charge is 0.319 e. The first-order valence-corrected chi connectivity index (χ1v) is 7.90. The molecule has 1 fully saturated rings. The van der Waals surface area contributed by atoms with Crippen molar-refractivity contribution in [1.29, 1.82) is 0 Å². The van der Waals surface area contributed by atoms with Crippen molar-refractivity contribution < 1.29 is 4.79 Å². The lowest BCUT2D eigenvalue weighted by molar-refractivity contribution is 0.246. The van der Waals surface area contributed by atoms with Gasteiger partial charge in [0.1, 0.15) is 0 Å². The molecule has 3 rings (SSSR count). The molecule has 0 aromatic heterocycles. The Kier molecular flexibility index (Phi) is 4.81. The van der Waals surface area contributed by atoms with Crippen molar-refractivity contribution >= 4 is 23.3 Å². The summed E-state index contributed by atoms with van der Waals surface area (Å²) in [7, 11) is 0. The van der Waals surface area contributed by atoms with Gasteiger partial charge >= 0.3 is 6.03 Å². The van der Waals surface area contributed by atoms with Crippen LogP contribution < -0.4 is 21.5 Å². The van der Waals surface area contributed by atoms with Gasteiger partial charge in [0, 0.05) is 16.8 Å². The van der Waals surface area contributed by atoms with Crippen LogP contribution in [0, 0.1) is 0 Å². The fraction of sp³-hybridized carbons (Fsp3) is 0.235. The molecule has 2 amide bonds. The van der Waals surface area contributed by atoms with E-state index in [0.717, 1.165) is 5.56 Å². The van der Waals surface area contributed by atoms with Gasteiger partial charge < -0.3 is 10.6 Å². The van der Waals surface area contributed by atoms with Crippen molar-refractivity contribution in [3.8, 4) is 0 Å². The van der Waals surface area contributed by atoms with Crippen LogP contribution in [-0.4, -0.2) is 18.1 Å². The number of amides is 2. The number of hydrazine groups is 1. The highest BCUT2D eigenvalue weighted by atomic mass is 35.5. The maximum absolute atomic E-state index is 12.3. The number of rotatable bonds is 3. The molecule has 0 saturated carbocycles. The van der Waals surface area contributed by atoms with Crippen LogP contribution in [0.5, 0.6) is 0 Å². The third-order valence-electron chi connectivity index (χ3n) is 3.90. The van der Waals surface area contributed by atoms with Crippen LogP contribution >= 0.6 is 11.6 Å². The van der Waals surface area contributed by atoms with Crippen LogP contribution in [0.4, 0.5) is 10.5 Å². The van der Waals surface area contributed by atoms with E-state index in [9.17, 15) is 4.79 Å². The highest BCUT2D eigenvalue weighted by Crippen LogP contribution is 2.23. The van der Waals surface area contributed by atoms with Gasteiger partial charge in [0.25, 0.3) is 0 Å². The SMILES string of the molecule is CC1NNC(c2ccccc2)C1NC(=O)Nc1cccc(Cl)c1. The summed E-state index contributed by atoms with van der Waals surface area (Å²) >= 11 is 5.93. The van der Waals surface area contributed by atoms with Crippen LogP contribution in [0.2, 0.25) is 5.02 Å². The van der Waals surface area contributed by atoms with Crippen molar-refractivity contribution in [3.63, 3.8) is 0 Å². The normalized spacial score (nSPS) is 23.5. The molecule has 0 bridgehead atoms. The third-order valence-corrected chi connectivity index (χ3v) is 4.14. The molecule has 1 saturated heterocycles. The molecule has 1 aliphatic rings. The second kappa shape index (κ2) is 7.00. The molecule has 23 heavy (non-hydrogen) atoms. The van der Waals surface area contributed by atoms with E-state index in [4.69, 9.17) is 11.6 Å². The molecule has 5 nitrogen and oxygen atoms in total. The van der Waals surface area contributed by atoms with Gasteiger partial charge in [0.2, 0.25) is 0 Å². The minimum atomic E-state index is -0.254. The number of halogens is 1. The highest BCUT2D eigenvalue weighted by Gasteiger charge is 2.35. The van der Waals surface area contributed by atoms with E-state index in [-0.39, 0.29) is 24.2 Å². The van der Waals surface area contributed by atoms with Crippen molar-refractivity contribution in [2.45, 2.75) is 25.0 Å². The van der Waals surface area contributed by atoms with E-state index in [1.165, 1.54) is 0 Å². The molecule has 1 aliphatic heterocycles. The molecule has 0 spiro atoms. The third kappa shape index (κ3) is 3.82. The summed E-state index contributed by atoms with van der Waals surface area (Å²) in [4.78, 5) is 12.3. The van der Waals surface area contributed by atoms with E-state index in [1.54, 1.807) is 24.3 Å². The predicted molar refractivity (Wildman–Crippen MR) is 92.3 cm³/mol. The van der Waals surface area contributed by atoms with Gasteiger partial charge in [-0.15, -0.1) is 0 Å². The van der Waals surface area contributed by atoms with E-state index < -0.39 is 0 Å². The average Bonchev–Trinajstić information content (AvgIpc) is 2.89. The number of hydrogen-bond acceptors (Lipinski definition) is 3. The monoisotopic (exact) mass is 330 g/mol. The van der Waals surface area contributed by atoms with Gasteiger partial charge in [-0.3, -0.25) is 5.43 Å². The molecule has 120 valence electrons. The number of hydrogen-bond donors (Lipinski definition) is 4. The fourth-order valence-electron chi connectivity index (χ4n) is 2.73. The lowest BCUT2D eigenvalue weighted by Crippen LogP contribution is -2.46. The number of nitrogens with one attached hydrogen (secondary N) is 4. The Bertz CT molecular complexity index is 679. The van der Waals surface area contributed by atoms with Gasteiger partial charge in [-0.2, -0.15) is 0 Å². The lowest BCUT2D eigenvalue weighted by atomic mass is 9.97. The molecule has 3 unspecified atom stereocenters. The number of carbonyl (C=O) groups is 1. The number of benzene rings is 2. The van der Waals surface area contributed by atoms with Crippen molar-refractivity contribution in [1.82, 2.24) is 16.2 Å². The Balaban J connectivity index is 1.68. The molecule has 3 atom stereocenters. The van der Waals surface area contributed by atoms with E-state index in [1.807, 2.05) is 37.3 Å². The van der Waals surface area contributed by atoms with Crippen molar-refractivity contribution in [2.24, 2.45) is 0 Å². The van der Waals surface area contributed by atoms with Crippen LogP contribution in [0.15, 0.2) is 54.6 Å². The van der Waals surface area contributed by atoms with E-state index >= 15 is 0 Å². The zero-order chi connectivity index (χ0) is 16.2. The summed E-state index contributed by atoms with van der Waals surface area (Å²) in [5.41, 5.74) is 8.21. The standard InChI is InChI=1S/C17H19ClN4O/c1-11-15(16(22-21-11)12-6-3-2-4-7-12)20-17(23)19-14-9-5-8-13(18)10-14/h2-11,15-16,21-22H,1H3,(H2,19,20,23). The Morgan fingerprint density at radius 1 is 1.09 bits per heavy atom. The Morgan fingerprint density at radius 3 is 2.61 bits per heavy atom. The van der Waals surface area contributed by atoms with Gasteiger partial charge in [-0.05, 0) is 30.7 Å². The van der Waals surface area contributed by atoms with Gasteiger partial charge in [-0.1, -0.05) is 48.0 Å². The summed E-state index contributed by atoms with van der Waals surface area (Å²) in [5, 5.41) is 6.42. The Morgan fingerprint density at radius 2 is 1.87 bits per heavy atom. The first-order chi connectivity index (χ1) is 11.1. The van der Waals surface area contributed by atoms with Crippen molar-refractivity contribution in [3.05, 3.63) is 65.2 Å². The zero-order valence-corrected chi connectivity index (χ0v) is 13.5. The first kappa shape index (κ1) is 15.8. The maximum atomic E-state index is 12.3. The summed E-state index contributed by atoms with van der Waals surface area (Å²) in [6, 6.07) is 16.9. The number of anilines is 1.